The summed E-state index contributed by atoms with van der Waals surface area (Å²) < 4.78 is 5.22. The summed E-state index contributed by atoms with van der Waals surface area (Å²) in [6.45, 7) is 5.57. The van der Waals surface area contributed by atoms with Gasteiger partial charge in [0.25, 0.3) is 5.91 Å². The summed E-state index contributed by atoms with van der Waals surface area (Å²) in [6, 6.07) is 15.3. The molecule has 2 aromatic rings. The zero-order valence-electron chi connectivity index (χ0n) is 16.8. The quantitative estimate of drug-likeness (QED) is 0.863. The first-order chi connectivity index (χ1) is 13.4. The van der Waals surface area contributed by atoms with Gasteiger partial charge in [-0.25, -0.2) is 0 Å². The number of aryl methyl sites for hydroxylation is 1. The Morgan fingerprint density at radius 2 is 1.93 bits per heavy atom. The van der Waals surface area contributed by atoms with Crippen molar-refractivity contribution in [2.24, 2.45) is 5.41 Å². The lowest BCUT2D eigenvalue weighted by molar-refractivity contribution is -0.132. The Kier molecular flexibility index (Phi) is 6.02. The highest BCUT2D eigenvalue weighted by molar-refractivity contribution is 5.95. The SMILES string of the molecule is COc1cccc(C(=O)N2CCCC(C)(C(=O)NCc3ccc(C)cc3)C2)c1. The van der Waals surface area contributed by atoms with Gasteiger partial charge >= 0.3 is 0 Å². The molecule has 2 aromatic carbocycles. The third-order valence-electron chi connectivity index (χ3n) is 5.42. The zero-order valence-corrected chi connectivity index (χ0v) is 16.8. The average molecular weight is 380 g/mol. The summed E-state index contributed by atoms with van der Waals surface area (Å²) in [7, 11) is 1.58. The highest BCUT2D eigenvalue weighted by Gasteiger charge is 2.39. The molecule has 5 nitrogen and oxygen atoms in total. The largest absolute Gasteiger partial charge is 0.497 e. The Hall–Kier alpha value is -2.82. The van der Waals surface area contributed by atoms with Crippen molar-refractivity contribution in [2.45, 2.75) is 33.2 Å². The summed E-state index contributed by atoms with van der Waals surface area (Å²) in [4.78, 5) is 27.6. The number of hydrogen-bond donors (Lipinski definition) is 1. The predicted octanol–water partition coefficient (Wildman–Crippen LogP) is 3.56. The average Bonchev–Trinajstić information content (AvgIpc) is 2.72. The van der Waals surface area contributed by atoms with E-state index in [-0.39, 0.29) is 11.8 Å². The first kappa shape index (κ1) is 19.9. The van der Waals surface area contributed by atoms with Crippen LogP contribution in [-0.2, 0) is 11.3 Å². The van der Waals surface area contributed by atoms with Crippen molar-refractivity contribution in [1.29, 1.82) is 0 Å². The molecule has 1 aliphatic heterocycles. The van der Waals surface area contributed by atoms with Crippen molar-refractivity contribution in [1.82, 2.24) is 10.2 Å². The molecule has 1 unspecified atom stereocenters. The normalized spacial score (nSPS) is 19.2. The van der Waals surface area contributed by atoms with E-state index in [4.69, 9.17) is 4.74 Å². The summed E-state index contributed by atoms with van der Waals surface area (Å²) in [6.07, 6.45) is 1.58. The van der Waals surface area contributed by atoms with Crippen LogP contribution in [0.3, 0.4) is 0 Å². The van der Waals surface area contributed by atoms with Gasteiger partial charge in [0.15, 0.2) is 0 Å². The predicted molar refractivity (Wildman–Crippen MR) is 109 cm³/mol. The summed E-state index contributed by atoms with van der Waals surface area (Å²) in [5.41, 5.74) is 2.27. The van der Waals surface area contributed by atoms with Gasteiger partial charge in [-0.3, -0.25) is 9.59 Å². The van der Waals surface area contributed by atoms with Gasteiger partial charge in [-0.2, -0.15) is 0 Å². The second-order valence-corrected chi connectivity index (χ2v) is 7.79. The minimum Gasteiger partial charge on any atom is -0.497 e. The molecule has 0 bridgehead atoms. The Morgan fingerprint density at radius 1 is 1.18 bits per heavy atom. The molecule has 1 N–H and O–H groups in total. The topological polar surface area (TPSA) is 58.6 Å². The van der Waals surface area contributed by atoms with Gasteiger partial charge in [-0.15, -0.1) is 0 Å². The summed E-state index contributed by atoms with van der Waals surface area (Å²) >= 11 is 0. The molecule has 1 aliphatic rings. The van der Waals surface area contributed by atoms with Gasteiger partial charge in [-0.1, -0.05) is 35.9 Å². The number of hydrogen-bond acceptors (Lipinski definition) is 3. The molecule has 28 heavy (non-hydrogen) atoms. The number of methoxy groups -OCH3 is 1. The van der Waals surface area contributed by atoms with E-state index in [0.717, 1.165) is 18.4 Å². The van der Waals surface area contributed by atoms with E-state index in [0.29, 0.717) is 30.9 Å². The van der Waals surface area contributed by atoms with Gasteiger partial charge in [0.05, 0.1) is 12.5 Å². The Morgan fingerprint density at radius 3 is 2.64 bits per heavy atom. The standard InChI is InChI=1S/C23H28N2O3/c1-17-8-10-18(11-9-17)15-24-22(27)23(2)12-5-13-25(16-23)21(26)19-6-4-7-20(14-19)28-3/h4,6-11,14H,5,12-13,15-16H2,1-3H3,(H,24,27). The van der Waals surface area contributed by atoms with Gasteiger partial charge in [-0.05, 0) is 50.5 Å². The lowest BCUT2D eigenvalue weighted by Crippen LogP contribution is -2.51. The van der Waals surface area contributed by atoms with Crippen molar-refractivity contribution in [3.05, 3.63) is 65.2 Å². The highest BCUT2D eigenvalue weighted by Crippen LogP contribution is 2.31. The number of ether oxygens (including phenoxy) is 1. The van der Waals surface area contributed by atoms with Crippen molar-refractivity contribution >= 4 is 11.8 Å². The van der Waals surface area contributed by atoms with Crippen LogP contribution in [0.15, 0.2) is 48.5 Å². The maximum absolute atomic E-state index is 12.9. The molecule has 3 rings (SSSR count). The van der Waals surface area contributed by atoms with Crippen LogP contribution in [0.2, 0.25) is 0 Å². The lowest BCUT2D eigenvalue weighted by atomic mass is 9.80. The fraction of sp³-hybridized carbons (Fsp3) is 0.391. The second kappa shape index (κ2) is 8.46. The molecule has 1 saturated heterocycles. The van der Waals surface area contributed by atoms with Crippen LogP contribution in [0.25, 0.3) is 0 Å². The van der Waals surface area contributed by atoms with Crippen molar-refractivity contribution in [3.63, 3.8) is 0 Å². The van der Waals surface area contributed by atoms with Crippen LogP contribution >= 0.6 is 0 Å². The Labute approximate surface area is 166 Å². The van der Waals surface area contributed by atoms with Crippen LogP contribution in [0.4, 0.5) is 0 Å². The van der Waals surface area contributed by atoms with Crippen LogP contribution in [-0.4, -0.2) is 36.9 Å². The van der Waals surface area contributed by atoms with E-state index in [9.17, 15) is 9.59 Å². The molecule has 0 aromatic heterocycles. The van der Waals surface area contributed by atoms with E-state index in [1.165, 1.54) is 5.56 Å². The second-order valence-electron chi connectivity index (χ2n) is 7.79. The number of benzene rings is 2. The van der Waals surface area contributed by atoms with Gasteiger partial charge in [0.2, 0.25) is 5.91 Å². The molecule has 1 heterocycles. The van der Waals surface area contributed by atoms with Gasteiger partial charge < -0.3 is 15.0 Å². The third kappa shape index (κ3) is 4.53. The fourth-order valence-corrected chi connectivity index (χ4v) is 3.64. The number of nitrogens with zero attached hydrogens (tertiary/aromatic N) is 1. The van der Waals surface area contributed by atoms with Crippen molar-refractivity contribution in [2.75, 3.05) is 20.2 Å². The molecule has 0 saturated carbocycles. The number of nitrogens with one attached hydrogen (secondary N) is 1. The third-order valence-corrected chi connectivity index (χ3v) is 5.42. The van der Waals surface area contributed by atoms with Crippen molar-refractivity contribution < 1.29 is 14.3 Å². The number of amides is 2. The monoisotopic (exact) mass is 380 g/mol. The van der Waals surface area contributed by atoms with E-state index in [1.807, 2.05) is 50.2 Å². The Balaban J connectivity index is 1.65. The lowest BCUT2D eigenvalue weighted by Gasteiger charge is -2.39. The van der Waals surface area contributed by atoms with Crippen LogP contribution in [0.5, 0.6) is 5.75 Å². The number of carbonyl (C=O) groups excluding carboxylic acids is 2. The molecule has 1 atom stereocenters. The van der Waals surface area contributed by atoms with E-state index in [2.05, 4.69) is 5.32 Å². The molecule has 0 radical (unpaired) electrons. The molecule has 1 fully saturated rings. The summed E-state index contributed by atoms with van der Waals surface area (Å²) in [5.74, 6) is 0.592. The van der Waals surface area contributed by atoms with Crippen molar-refractivity contribution in [3.8, 4) is 5.75 Å². The number of likely N-dealkylation sites (tertiary alicyclic amines) is 1. The smallest absolute Gasteiger partial charge is 0.254 e. The molecule has 0 spiro atoms. The van der Waals surface area contributed by atoms with Gasteiger partial charge in [0, 0.05) is 25.2 Å². The fourth-order valence-electron chi connectivity index (χ4n) is 3.64. The minimum atomic E-state index is -0.586. The van der Waals surface area contributed by atoms with Crippen LogP contribution in [0, 0.1) is 12.3 Å². The molecular weight excluding hydrogens is 352 g/mol. The van der Waals surface area contributed by atoms with E-state index in [1.54, 1.807) is 24.1 Å². The maximum atomic E-state index is 12.9. The zero-order chi connectivity index (χ0) is 20.1. The maximum Gasteiger partial charge on any atom is 0.254 e. The first-order valence-electron chi connectivity index (χ1n) is 9.68. The Bertz CT molecular complexity index is 847. The van der Waals surface area contributed by atoms with Crippen LogP contribution in [0.1, 0.15) is 41.3 Å². The first-order valence-corrected chi connectivity index (χ1v) is 9.68. The van der Waals surface area contributed by atoms with Crippen LogP contribution < -0.4 is 10.1 Å². The highest BCUT2D eigenvalue weighted by atomic mass is 16.5. The summed E-state index contributed by atoms with van der Waals surface area (Å²) in [5, 5.41) is 3.05. The number of piperidine rings is 1. The van der Waals surface area contributed by atoms with Gasteiger partial charge in [0.1, 0.15) is 5.75 Å². The molecular formula is C23H28N2O3. The minimum absolute atomic E-state index is 0.00350. The van der Waals surface area contributed by atoms with E-state index >= 15 is 0 Å². The molecule has 5 heteroatoms. The molecule has 2 amide bonds. The number of carbonyl (C=O) groups is 2. The molecule has 148 valence electrons. The number of rotatable bonds is 5. The van der Waals surface area contributed by atoms with E-state index < -0.39 is 5.41 Å². The molecule has 0 aliphatic carbocycles.